The Kier molecular flexibility index (Phi) is 5.19. The third kappa shape index (κ3) is 3.62. The molecule has 1 unspecified atom stereocenters. The van der Waals surface area contributed by atoms with Crippen LogP contribution in [0.25, 0.3) is 0 Å². The van der Waals surface area contributed by atoms with E-state index in [4.69, 9.17) is 5.11 Å². The number of carboxylic acid groups (broad SMARTS) is 1. The number of carbonyl (C=O) groups excluding carboxylic acids is 4. The third-order valence-electron chi connectivity index (χ3n) is 6.25. The van der Waals surface area contributed by atoms with Gasteiger partial charge in [-0.05, 0) is 24.6 Å². The third-order valence-corrected chi connectivity index (χ3v) is 6.25. The Morgan fingerprint density at radius 2 is 1.65 bits per heavy atom. The molecule has 5 rings (SSSR count). The number of aromatic carboxylic acids is 1. The van der Waals surface area contributed by atoms with Crippen LogP contribution < -0.4 is 15.1 Å². The van der Waals surface area contributed by atoms with E-state index in [0.717, 1.165) is 10.6 Å². The Hall–Kier alpha value is -4.35. The van der Waals surface area contributed by atoms with E-state index in [-0.39, 0.29) is 29.7 Å². The van der Waals surface area contributed by atoms with Crippen LogP contribution in [0.15, 0.2) is 30.6 Å². The number of nitrogens with one attached hydrogen (secondary N) is 1. The Morgan fingerprint density at radius 1 is 0.941 bits per heavy atom. The number of carboxylic acids is 1. The van der Waals surface area contributed by atoms with Crippen LogP contribution in [0.3, 0.4) is 0 Å². The van der Waals surface area contributed by atoms with Gasteiger partial charge in [-0.15, -0.1) is 0 Å². The summed E-state index contributed by atoms with van der Waals surface area (Å²) in [7, 11) is 0. The fraction of sp³-hybridized carbons (Fsp3) is 0.318. The molecule has 12 heteroatoms. The number of fused-ring (bicyclic) bond motifs is 1. The molecule has 4 amide bonds. The molecular formula is C22H20N6O6. The quantitative estimate of drug-likeness (QED) is 0.587. The fourth-order valence-corrected chi connectivity index (χ4v) is 4.44. The highest BCUT2D eigenvalue weighted by atomic mass is 16.4. The van der Waals surface area contributed by atoms with Crippen molar-refractivity contribution in [2.75, 3.05) is 36.0 Å². The van der Waals surface area contributed by atoms with Crippen LogP contribution in [0.1, 0.15) is 44.0 Å². The molecule has 12 nitrogen and oxygen atoms in total. The summed E-state index contributed by atoms with van der Waals surface area (Å²) in [6, 6.07) is 4.04. The lowest BCUT2D eigenvalue weighted by atomic mass is 10.0. The second-order valence-corrected chi connectivity index (χ2v) is 8.22. The molecule has 2 saturated heterocycles. The van der Waals surface area contributed by atoms with Crippen molar-refractivity contribution >= 4 is 41.1 Å². The number of amides is 4. The largest absolute Gasteiger partial charge is 0.476 e. The number of hydrogen-bond donors (Lipinski definition) is 2. The molecule has 2 N–H and O–H groups in total. The van der Waals surface area contributed by atoms with Crippen molar-refractivity contribution in [3.8, 4) is 0 Å². The minimum Gasteiger partial charge on any atom is -0.476 e. The predicted octanol–water partition coefficient (Wildman–Crippen LogP) is -0.0974. The number of hydrogen-bond acceptors (Lipinski definition) is 9. The zero-order valence-electron chi connectivity index (χ0n) is 17.9. The maximum absolute atomic E-state index is 13.0. The van der Waals surface area contributed by atoms with E-state index in [9.17, 15) is 24.0 Å². The highest BCUT2D eigenvalue weighted by molar-refractivity contribution is 6.23. The molecule has 1 atom stereocenters. The summed E-state index contributed by atoms with van der Waals surface area (Å²) in [6.07, 6.45) is 2.84. The summed E-state index contributed by atoms with van der Waals surface area (Å²) in [4.78, 5) is 73.6. The smallest absolute Gasteiger partial charge is 0.356 e. The van der Waals surface area contributed by atoms with E-state index in [2.05, 4.69) is 20.2 Å². The van der Waals surface area contributed by atoms with Crippen LogP contribution in [0.2, 0.25) is 0 Å². The summed E-state index contributed by atoms with van der Waals surface area (Å²) >= 11 is 0. The van der Waals surface area contributed by atoms with Gasteiger partial charge >= 0.3 is 5.97 Å². The monoisotopic (exact) mass is 464 g/mol. The maximum atomic E-state index is 13.0. The number of imide groups is 2. The van der Waals surface area contributed by atoms with E-state index >= 15 is 0 Å². The van der Waals surface area contributed by atoms with Crippen molar-refractivity contribution in [3.63, 3.8) is 0 Å². The summed E-state index contributed by atoms with van der Waals surface area (Å²) in [5.74, 6) is -2.67. The molecule has 3 aliphatic heterocycles. The summed E-state index contributed by atoms with van der Waals surface area (Å²) in [5.41, 5.74) is 1.14. The minimum absolute atomic E-state index is 0.0722. The summed E-state index contributed by atoms with van der Waals surface area (Å²) in [5, 5.41) is 11.1. The molecule has 1 aromatic heterocycles. The predicted molar refractivity (Wildman–Crippen MR) is 117 cm³/mol. The second kappa shape index (κ2) is 8.21. The van der Waals surface area contributed by atoms with Crippen LogP contribution in [0.5, 0.6) is 0 Å². The van der Waals surface area contributed by atoms with Crippen molar-refractivity contribution in [3.05, 3.63) is 47.4 Å². The Bertz CT molecular complexity index is 1220. The minimum atomic E-state index is -1.13. The van der Waals surface area contributed by atoms with Gasteiger partial charge in [0.05, 0.1) is 23.5 Å². The van der Waals surface area contributed by atoms with Crippen LogP contribution in [-0.4, -0.2) is 81.8 Å². The van der Waals surface area contributed by atoms with Gasteiger partial charge in [-0.25, -0.2) is 14.8 Å². The normalized spacial score (nSPS) is 20.5. The zero-order chi connectivity index (χ0) is 24.0. The zero-order valence-corrected chi connectivity index (χ0v) is 17.9. The van der Waals surface area contributed by atoms with Crippen molar-refractivity contribution in [1.82, 2.24) is 20.2 Å². The van der Waals surface area contributed by atoms with Gasteiger partial charge in [-0.3, -0.25) is 29.4 Å². The average molecular weight is 464 g/mol. The topological polar surface area (TPSA) is 153 Å². The SMILES string of the molecule is O=C1CCC(N2C(=O)c3ccc(N4CCN(c5cnc(C(=O)O)cn5)CC4)cc3C2=O)C(=O)N1. The first-order valence-corrected chi connectivity index (χ1v) is 10.7. The van der Waals surface area contributed by atoms with Crippen molar-refractivity contribution in [1.29, 1.82) is 0 Å². The maximum Gasteiger partial charge on any atom is 0.356 e. The lowest BCUT2D eigenvalue weighted by Crippen LogP contribution is -2.54. The van der Waals surface area contributed by atoms with E-state index in [1.165, 1.54) is 12.4 Å². The lowest BCUT2D eigenvalue weighted by Gasteiger charge is -2.36. The highest BCUT2D eigenvalue weighted by Gasteiger charge is 2.44. The Morgan fingerprint density at radius 3 is 2.29 bits per heavy atom. The molecule has 2 fully saturated rings. The van der Waals surface area contributed by atoms with Gasteiger partial charge in [-0.2, -0.15) is 0 Å². The highest BCUT2D eigenvalue weighted by Crippen LogP contribution is 2.31. The van der Waals surface area contributed by atoms with Gasteiger partial charge in [0.1, 0.15) is 11.9 Å². The number of anilines is 2. The van der Waals surface area contributed by atoms with Crippen LogP contribution in [-0.2, 0) is 9.59 Å². The number of carbonyl (C=O) groups is 5. The first kappa shape index (κ1) is 21.5. The second-order valence-electron chi connectivity index (χ2n) is 8.22. The number of benzene rings is 1. The molecule has 34 heavy (non-hydrogen) atoms. The van der Waals surface area contributed by atoms with E-state index in [0.29, 0.717) is 32.0 Å². The number of piperazine rings is 1. The van der Waals surface area contributed by atoms with Crippen molar-refractivity contribution < 1.29 is 29.1 Å². The van der Waals surface area contributed by atoms with Crippen molar-refractivity contribution in [2.45, 2.75) is 18.9 Å². The fourth-order valence-electron chi connectivity index (χ4n) is 4.44. The van der Waals surface area contributed by atoms with Crippen molar-refractivity contribution in [2.24, 2.45) is 0 Å². The van der Waals surface area contributed by atoms with Crippen LogP contribution in [0.4, 0.5) is 11.5 Å². The van der Waals surface area contributed by atoms with Gasteiger partial charge in [-0.1, -0.05) is 0 Å². The summed E-state index contributed by atoms with van der Waals surface area (Å²) < 4.78 is 0. The molecule has 0 saturated carbocycles. The average Bonchev–Trinajstić information content (AvgIpc) is 3.09. The van der Waals surface area contributed by atoms with Crippen LogP contribution in [0, 0.1) is 0 Å². The number of aromatic nitrogens is 2. The molecule has 0 radical (unpaired) electrons. The first-order valence-electron chi connectivity index (χ1n) is 10.7. The Balaban J connectivity index is 1.29. The number of piperidine rings is 1. The first-order chi connectivity index (χ1) is 16.3. The molecule has 2 aromatic rings. The standard InChI is InChI=1S/C22H20N6O6/c29-18-4-3-16(19(30)25-18)28-20(31)13-2-1-12(9-14(13)21(28)32)26-5-7-27(8-6-26)17-11-23-15(10-24-17)22(33)34/h1-2,9-11,16H,3-8H2,(H,33,34)(H,25,29,30). The molecule has 0 spiro atoms. The van der Waals surface area contributed by atoms with E-state index < -0.39 is 35.6 Å². The Labute approximate surface area is 193 Å². The van der Waals surface area contributed by atoms with Gasteiger partial charge in [0.2, 0.25) is 11.8 Å². The molecule has 1 aromatic carbocycles. The molecule has 0 aliphatic carbocycles. The van der Waals surface area contributed by atoms with Gasteiger partial charge in [0, 0.05) is 38.3 Å². The molecule has 174 valence electrons. The molecular weight excluding hydrogens is 444 g/mol. The van der Waals surface area contributed by atoms with Gasteiger partial charge in [0.15, 0.2) is 5.69 Å². The molecule has 0 bridgehead atoms. The van der Waals surface area contributed by atoms with Gasteiger partial charge < -0.3 is 14.9 Å². The number of nitrogens with zero attached hydrogens (tertiary/aromatic N) is 5. The molecule has 4 heterocycles. The van der Waals surface area contributed by atoms with Gasteiger partial charge in [0.25, 0.3) is 11.8 Å². The van der Waals surface area contributed by atoms with Crippen LogP contribution >= 0.6 is 0 Å². The lowest BCUT2D eigenvalue weighted by molar-refractivity contribution is -0.136. The van der Waals surface area contributed by atoms with E-state index in [1.807, 2.05) is 4.90 Å². The van der Waals surface area contributed by atoms with E-state index in [1.54, 1.807) is 18.2 Å². The molecule has 3 aliphatic rings. The number of rotatable bonds is 4. The summed E-state index contributed by atoms with van der Waals surface area (Å²) in [6.45, 7) is 2.43.